The van der Waals surface area contributed by atoms with E-state index in [-0.39, 0.29) is 6.04 Å². The summed E-state index contributed by atoms with van der Waals surface area (Å²) in [5.41, 5.74) is 0. The van der Waals surface area contributed by atoms with Crippen LogP contribution in [0.15, 0.2) is 0 Å². The van der Waals surface area contributed by atoms with E-state index in [9.17, 15) is 4.79 Å². The Bertz CT molecular complexity index is 328. The molecule has 3 aliphatic rings. The lowest BCUT2D eigenvalue weighted by Gasteiger charge is -2.39. The molecule has 19 heavy (non-hydrogen) atoms. The minimum atomic E-state index is 0.0422. The average Bonchev–Trinajstić information content (AvgIpc) is 3.06. The summed E-state index contributed by atoms with van der Waals surface area (Å²) in [6.07, 6.45) is 7.43. The van der Waals surface area contributed by atoms with E-state index >= 15 is 0 Å². The van der Waals surface area contributed by atoms with Crippen molar-refractivity contribution < 1.29 is 4.79 Å². The van der Waals surface area contributed by atoms with E-state index in [1.165, 1.54) is 38.5 Å². The Hall–Kier alpha value is -0.610. The summed E-state index contributed by atoms with van der Waals surface area (Å²) in [5.74, 6) is 0.339. The van der Waals surface area contributed by atoms with E-state index in [1.54, 1.807) is 0 Å². The highest BCUT2D eigenvalue weighted by molar-refractivity contribution is 5.81. The van der Waals surface area contributed by atoms with Gasteiger partial charge in [-0.2, -0.15) is 0 Å². The first kappa shape index (κ1) is 13.4. The first-order valence-electron chi connectivity index (χ1n) is 7.92. The fourth-order valence-electron chi connectivity index (χ4n) is 4.05. The minimum Gasteiger partial charge on any atom is -0.341 e. The number of likely N-dealkylation sites (tertiary alicyclic amines) is 1. The number of rotatable bonds is 3. The Kier molecular flexibility index (Phi) is 3.81. The highest BCUT2D eigenvalue weighted by Crippen LogP contribution is 2.30. The van der Waals surface area contributed by atoms with Crippen LogP contribution >= 0.6 is 0 Å². The Balaban J connectivity index is 1.59. The van der Waals surface area contributed by atoms with Crippen molar-refractivity contribution in [3.05, 3.63) is 0 Å². The number of nitrogens with zero attached hydrogens (tertiary/aromatic N) is 2. The number of hydrogen-bond acceptors (Lipinski definition) is 3. The second kappa shape index (κ2) is 5.41. The van der Waals surface area contributed by atoms with Gasteiger partial charge in [0.25, 0.3) is 0 Å². The van der Waals surface area contributed by atoms with Gasteiger partial charge in [0.15, 0.2) is 0 Å². The van der Waals surface area contributed by atoms with Crippen LogP contribution in [0.3, 0.4) is 0 Å². The monoisotopic (exact) mass is 265 g/mol. The van der Waals surface area contributed by atoms with Gasteiger partial charge in [0.05, 0.1) is 6.04 Å². The molecule has 1 N–H and O–H groups in total. The van der Waals surface area contributed by atoms with Crippen molar-refractivity contribution in [2.24, 2.45) is 0 Å². The standard InChI is InChI=1S/C15H27N3O/c1-11(15(19)18-7-3-4-8-18)17(2)14-9-12-5-6-13(10-14)16-12/h11-14,16H,3-10H2,1-2H3. The molecule has 2 bridgehead atoms. The summed E-state index contributed by atoms with van der Waals surface area (Å²) in [4.78, 5) is 16.9. The molecule has 0 aromatic heterocycles. The molecular formula is C15H27N3O. The van der Waals surface area contributed by atoms with E-state index in [4.69, 9.17) is 0 Å². The van der Waals surface area contributed by atoms with Crippen LogP contribution in [0.25, 0.3) is 0 Å². The van der Waals surface area contributed by atoms with Gasteiger partial charge in [-0.3, -0.25) is 9.69 Å². The molecule has 0 aromatic rings. The van der Waals surface area contributed by atoms with Crippen molar-refractivity contribution in [3.8, 4) is 0 Å². The average molecular weight is 265 g/mol. The second-order valence-corrected chi connectivity index (χ2v) is 6.64. The molecular weight excluding hydrogens is 238 g/mol. The summed E-state index contributed by atoms with van der Waals surface area (Å²) < 4.78 is 0. The Labute approximate surface area is 116 Å². The van der Waals surface area contributed by atoms with E-state index in [1.807, 2.05) is 0 Å². The molecule has 0 saturated carbocycles. The maximum Gasteiger partial charge on any atom is 0.239 e. The predicted octanol–water partition coefficient (Wildman–Crippen LogP) is 1.21. The van der Waals surface area contributed by atoms with Crippen molar-refractivity contribution in [3.63, 3.8) is 0 Å². The first-order valence-corrected chi connectivity index (χ1v) is 7.92. The van der Waals surface area contributed by atoms with Crippen LogP contribution in [-0.4, -0.2) is 60.0 Å². The SMILES string of the molecule is CC(C(=O)N1CCCC1)N(C)C1CC2CCC(C1)N2. The van der Waals surface area contributed by atoms with Gasteiger partial charge >= 0.3 is 0 Å². The molecule has 3 fully saturated rings. The molecule has 1 amide bonds. The van der Waals surface area contributed by atoms with Crippen LogP contribution in [0.5, 0.6) is 0 Å². The molecule has 3 aliphatic heterocycles. The number of hydrogen-bond donors (Lipinski definition) is 1. The Morgan fingerprint density at radius 1 is 1.21 bits per heavy atom. The normalized spacial score (nSPS) is 35.9. The molecule has 0 aromatic carbocycles. The lowest BCUT2D eigenvalue weighted by Crippen LogP contribution is -2.53. The summed E-state index contributed by atoms with van der Waals surface area (Å²) in [6, 6.07) is 2.02. The third-order valence-corrected chi connectivity index (χ3v) is 5.41. The van der Waals surface area contributed by atoms with Crippen LogP contribution in [0.1, 0.15) is 45.4 Å². The van der Waals surface area contributed by atoms with Crippen LogP contribution in [-0.2, 0) is 4.79 Å². The first-order chi connectivity index (χ1) is 9.15. The Morgan fingerprint density at radius 3 is 2.37 bits per heavy atom. The fraction of sp³-hybridized carbons (Fsp3) is 0.933. The third-order valence-electron chi connectivity index (χ3n) is 5.41. The minimum absolute atomic E-state index is 0.0422. The van der Waals surface area contributed by atoms with Gasteiger partial charge in [0.1, 0.15) is 0 Å². The van der Waals surface area contributed by atoms with Gasteiger partial charge in [-0.15, -0.1) is 0 Å². The third kappa shape index (κ3) is 2.65. The summed E-state index contributed by atoms with van der Waals surface area (Å²) >= 11 is 0. The maximum absolute atomic E-state index is 12.5. The van der Waals surface area contributed by atoms with Crippen LogP contribution < -0.4 is 5.32 Å². The van der Waals surface area contributed by atoms with Crippen molar-refractivity contribution in [2.45, 2.75) is 69.6 Å². The number of piperidine rings is 1. The summed E-state index contributed by atoms with van der Waals surface area (Å²) in [7, 11) is 2.15. The highest BCUT2D eigenvalue weighted by Gasteiger charge is 2.38. The molecule has 3 atom stereocenters. The van der Waals surface area contributed by atoms with Crippen molar-refractivity contribution in [1.29, 1.82) is 0 Å². The fourth-order valence-corrected chi connectivity index (χ4v) is 4.05. The quantitative estimate of drug-likeness (QED) is 0.833. The van der Waals surface area contributed by atoms with Crippen LogP contribution in [0, 0.1) is 0 Å². The Morgan fingerprint density at radius 2 is 1.79 bits per heavy atom. The van der Waals surface area contributed by atoms with Crippen molar-refractivity contribution in [1.82, 2.24) is 15.1 Å². The molecule has 0 spiro atoms. The molecule has 4 heteroatoms. The number of amides is 1. The smallest absolute Gasteiger partial charge is 0.239 e. The molecule has 0 radical (unpaired) electrons. The van der Waals surface area contributed by atoms with Gasteiger partial charge < -0.3 is 10.2 Å². The second-order valence-electron chi connectivity index (χ2n) is 6.64. The molecule has 3 heterocycles. The van der Waals surface area contributed by atoms with E-state index in [0.29, 0.717) is 24.0 Å². The van der Waals surface area contributed by atoms with Gasteiger partial charge in [-0.1, -0.05) is 0 Å². The van der Waals surface area contributed by atoms with Crippen LogP contribution in [0.4, 0.5) is 0 Å². The molecule has 3 rings (SSSR count). The molecule has 4 nitrogen and oxygen atoms in total. The van der Waals surface area contributed by atoms with Crippen molar-refractivity contribution >= 4 is 5.91 Å². The number of carbonyl (C=O) groups excluding carboxylic acids is 1. The number of fused-ring (bicyclic) bond motifs is 2. The lowest BCUT2D eigenvalue weighted by molar-refractivity contribution is -0.135. The molecule has 3 saturated heterocycles. The largest absolute Gasteiger partial charge is 0.341 e. The maximum atomic E-state index is 12.5. The van der Waals surface area contributed by atoms with Gasteiger partial charge in [0, 0.05) is 31.2 Å². The predicted molar refractivity (Wildman–Crippen MR) is 76.0 cm³/mol. The van der Waals surface area contributed by atoms with E-state index < -0.39 is 0 Å². The highest BCUT2D eigenvalue weighted by atomic mass is 16.2. The topological polar surface area (TPSA) is 35.6 Å². The summed E-state index contributed by atoms with van der Waals surface area (Å²) in [5, 5.41) is 3.68. The zero-order valence-electron chi connectivity index (χ0n) is 12.3. The van der Waals surface area contributed by atoms with E-state index in [0.717, 1.165) is 13.1 Å². The molecule has 0 aliphatic carbocycles. The molecule has 3 unspecified atom stereocenters. The number of carbonyl (C=O) groups is 1. The number of likely N-dealkylation sites (N-methyl/N-ethyl adjacent to an activating group) is 1. The van der Waals surface area contributed by atoms with Crippen molar-refractivity contribution in [2.75, 3.05) is 20.1 Å². The zero-order valence-corrected chi connectivity index (χ0v) is 12.3. The summed E-state index contributed by atoms with van der Waals surface area (Å²) in [6.45, 7) is 4.02. The van der Waals surface area contributed by atoms with Gasteiger partial charge in [-0.05, 0) is 52.5 Å². The van der Waals surface area contributed by atoms with Gasteiger partial charge in [-0.25, -0.2) is 0 Å². The van der Waals surface area contributed by atoms with Gasteiger partial charge in [0.2, 0.25) is 5.91 Å². The number of nitrogens with one attached hydrogen (secondary N) is 1. The zero-order chi connectivity index (χ0) is 13.4. The van der Waals surface area contributed by atoms with Crippen LogP contribution in [0.2, 0.25) is 0 Å². The van der Waals surface area contributed by atoms with E-state index in [2.05, 4.69) is 29.1 Å². The molecule has 108 valence electrons. The lowest BCUT2D eigenvalue weighted by atomic mass is 9.97.